The lowest BCUT2D eigenvalue weighted by Crippen LogP contribution is -3.15. The number of nitrogens with one attached hydrogen (secondary N) is 1. The van der Waals surface area contributed by atoms with Gasteiger partial charge in [0.1, 0.15) is 0 Å². The molecular formula is C15H15BF6N2O5S2. The van der Waals surface area contributed by atoms with Crippen molar-refractivity contribution in [2.75, 3.05) is 20.2 Å². The van der Waals surface area contributed by atoms with Crippen LogP contribution in [0.1, 0.15) is 0 Å². The summed E-state index contributed by atoms with van der Waals surface area (Å²) in [4.78, 5) is 1.44. The van der Waals surface area contributed by atoms with Gasteiger partial charge >= 0.3 is 18.1 Å². The molecule has 16 heteroatoms. The first-order valence-electron chi connectivity index (χ1n) is 8.35. The van der Waals surface area contributed by atoms with Gasteiger partial charge in [-0.2, -0.15) is 26.3 Å². The molecule has 1 fully saturated rings. The van der Waals surface area contributed by atoms with Crippen LogP contribution in [0.25, 0.3) is 14.9 Å². The minimum Gasteiger partial charge on any atom is -0.421 e. The van der Waals surface area contributed by atoms with Crippen molar-refractivity contribution in [3.63, 3.8) is 0 Å². The summed E-state index contributed by atoms with van der Waals surface area (Å²) in [5.74, 6) is 0. The molecule has 1 aliphatic rings. The maximum atomic E-state index is 11.4. The van der Waals surface area contributed by atoms with Gasteiger partial charge < -0.3 is 13.6 Å². The Morgan fingerprint density at radius 2 is 1.42 bits per heavy atom. The second kappa shape index (κ2) is 8.93. The fraction of sp³-hybridized carbons (Fsp3) is 0.333. The molecule has 1 heterocycles. The van der Waals surface area contributed by atoms with Gasteiger partial charge in [-0.3, -0.25) is 0 Å². The van der Waals surface area contributed by atoms with Crippen LogP contribution in [0.3, 0.4) is 0 Å². The quantitative estimate of drug-likeness (QED) is 0.513. The summed E-state index contributed by atoms with van der Waals surface area (Å²) in [7, 11) is -11.0. The Labute approximate surface area is 174 Å². The third-order valence-electron chi connectivity index (χ3n) is 4.12. The van der Waals surface area contributed by atoms with Gasteiger partial charge in [-0.1, -0.05) is 42.5 Å². The number of alkyl halides is 6. The first-order valence-corrected chi connectivity index (χ1v) is 11.2. The Kier molecular flexibility index (Phi) is 7.32. The van der Waals surface area contributed by atoms with Gasteiger partial charge in [0.2, 0.25) is 0 Å². The van der Waals surface area contributed by atoms with Gasteiger partial charge in [0.15, 0.2) is 20.0 Å². The van der Waals surface area contributed by atoms with Crippen LogP contribution in [0.15, 0.2) is 42.5 Å². The second-order valence-electron chi connectivity index (χ2n) is 6.33. The van der Waals surface area contributed by atoms with Gasteiger partial charge in [0.05, 0.1) is 20.2 Å². The highest BCUT2D eigenvalue weighted by Gasteiger charge is 2.47. The zero-order chi connectivity index (χ0) is 23.7. The zero-order valence-corrected chi connectivity index (χ0v) is 17.2. The molecule has 0 bridgehead atoms. The molecule has 0 amide bonds. The average Bonchev–Trinajstić information content (AvgIpc) is 3.05. The van der Waals surface area contributed by atoms with Crippen LogP contribution in [0.4, 0.5) is 26.3 Å². The summed E-state index contributed by atoms with van der Waals surface area (Å²) >= 11 is 0. The predicted octanol–water partition coefficient (Wildman–Crippen LogP) is 1.14. The lowest BCUT2D eigenvalue weighted by molar-refractivity contribution is -0.757. The van der Waals surface area contributed by atoms with E-state index in [1.54, 1.807) is 0 Å². The Morgan fingerprint density at radius 1 is 0.903 bits per heavy atom. The molecular weight excluding hydrogens is 477 g/mol. The Balaban J connectivity index is 0.000000221. The SMILES string of the molecule is C[NH+]1CCOB1c1cccc2ccccc12.O=S(=O)([N-]S(=O)(=O)C(F)(F)F)C(F)(F)F. The monoisotopic (exact) mass is 492 g/mol. The van der Waals surface area contributed by atoms with Crippen molar-refractivity contribution in [2.24, 2.45) is 0 Å². The highest BCUT2D eigenvalue weighted by molar-refractivity contribution is 8.13. The number of fused-ring (bicyclic) bond motifs is 1. The summed E-state index contributed by atoms with van der Waals surface area (Å²) in [5, 5.41) is 2.61. The molecule has 31 heavy (non-hydrogen) atoms. The number of quaternary nitrogens is 1. The second-order valence-corrected chi connectivity index (χ2v) is 9.75. The van der Waals surface area contributed by atoms with Crippen molar-refractivity contribution in [2.45, 2.75) is 11.0 Å². The summed E-state index contributed by atoms with van der Waals surface area (Å²) < 4.78 is 115. The van der Waals surface area contributed by atoms with E-state index < -0.39 is 31.1 Å². The van der Waals surface area contributed by atoms with Crippen LogP contribution in [0, 0.1) is 0 Å². The maximum Gasteiger partial charge on any atom is 0.609 e. The van der Waals surface area contributed by atoms with Gasteiger partial charge in [-0.05, 0) is 10.8 Å². The summed E-state index contributed by atoms with van der Waals surface area (Å²) in [5.41, 5.74) is -11.1. The molecule has 3 rings (SSSR count). The van der Waals surface area contributed by atoms with Crippen molar-refractivity contribution in [1.82, 2.24) is 0 Å². The summed E-state index contributed by atoms with van der Waals surface area (Å²) in [6, 6.07) is 15.0. The Bertz CT molecular complexity index is 1090. The number of nitrogens with zero attached hydrogens (tertiary/aromatic N) is 1. The number of likely N-dealkylation sites (N-methyl/N-ethyl adjacent to an activating group) is 1. The van der Waals surface area contributed by atoms with Gasteiger partial charge in [-0.15, -0.1) is 0 Å². The van der Waals surface area contributed by atoms with Crippen LogP contribution < -0.4 is 10.3 Å². The summed E-state index contributed by atoms with van der Waals surface area (Å²) in [6.45, 7) is 1.95. The standard InChI is InChI=1S/C13H14BNO.C2F6NO4S2/c1-15-9-10-16-14(15)13-8-4-6-11-5-2-3-7-12(11)13;3-1(4,5)14(10,11)9-15(12,13)2(6,7)8/h2-8H,9-10H2,1H3;/q;-1/p+1. The van der Waals surface area contributed by atoms with E-state index in [2.05, 4.69) is 49.5 Å². The molecule has 0 radical (unpaired) electrons. The minimum absolute atomic E-state index is 0.200. The first-order chi connectivity index (χ1) is 14.1. The van der Waals surface area contributed by atoms with Crippen molar-refractivity contribution in [1.29, 1.82) is 0 Å². The third kappa shape index (κ3) is 5.88. The molecule has 7 nitrogen and oxygen atoms in total. The van der Waals surface area contributed by atoms with Crippen molar-refractivity contribution < 1.29 is 52.6 Å². The van der Waals surface area contributed by atoms with Gasteiger partial charge in [-0.25, -0.2) is 16.8 Å². The molecule has 2 aromatic carbocycles. The van der Waals surface area contributed by atoms with E-state index in [1.165, 1.54) is 21.0 Å². The smallest absolute Gasteiger partial charge is 0.421 e. The first kappa shape index (κ1) is 25.4. The van der Waals surface area contributed by atoms with Crippen LogP contribution >= 0.6 is 0 Å². The fourth-order valence-electron chi connectivity index (χ4n) is 2.66. The Hall–Kier alpha value is -1.88. The topological polar surface area (TPSA) is 96.1 Å². The molecule has 1 aliphatic heterocycles. The van der Waals surface area contributed by atoms with Crippen LogP contribution in [0.5, 0.6) is 0 Å². The molecule has 0 saturated carbocycles. The molecule has 1 unspecified atom stereocenters. The Morgan fingerprint density at radius 3 is 1.90 bits per heavy atom. The molecule has 1 atom stereocenters. The van der Waals surface area contributed by atoms with Crippen LogP contribution in [0.2, 0.25) is 0 Å². The number of sulfonamides is 2. The van der Waals surface area contributed by atoms with E-state index in [9.17, 15) is 43.2 Å². The van der Waals surface area contributed by atoms with Crippen LogP contribution in [-0.2, 0) is 24.7 Å². The van der Waals surface area contributed by atoms with E-state index in [1.807, 2.05) is 0 Å². The van der Waals surface area contributed by atoms with Gasteiger partial charge in [0.25, 0.3) is 0 Å². The molecule has 1 saturated heterocycles. The predicted molar refractivity (Wildman–Crippen MR) is 100 cm³/mol. The molecule has 0 spiro atoms. The van der Waals surface area contributed by atoms with E-state index >= 15 is 0 Å². The minimum atomic E-state index is -6.72. The number of hydrogen-bond donors (Lipinski definition) is 1. The van der Waals surface area contributed by atoms with E-state index in [4.69, 9.17) is 4.65 Å². The summed E-state index contributed by atoms with van der Waals surface area (Å²) in [6.07, 6.45) is 0. The highest BCUT2D eigenvalue weighted by atomic mass is 32.3. The molecule has 0 aliphatic carbocycles. The number of halogens is 6. The molecule has 2 aromatic rings. The third-order valence-corrected chi connectivity index (χ3v) is 6.86. The normalized spacial score (nSPS) is 18.0. The number of hydrogen-bond acceptors (Lipinski definition) is 5. The largest absolute Gasteiger partial charge is 0.609 e. The van der Waals surface area contributed by atoms with E-state index in [0.29, 0.717) is 0 Å². The molecule has 1 N–H and O–H groups in total. The van der Waals surface area contributed by atoms with Crippen LogP contribution in [-0.4, -0.2) is 55.1 Å². The molecule has 172 valence electrons. The number of rotatable bonds is 3. The lowest BCUT2D eigenvalue weighted by Gasteiger charge is -2.22. The van der Waals surface area contributed by atoms with Crippen molar-refractivity contribution >= 4 is 43.3 Å². The van der Waals surface area contributed by atoms with E-state index in [0.717, 1.165) is 17.3 Å². The van der Waals surface area contributed by atoms with Gasteiger partial charge in [0, 0.05) is 5.46 Å². The highest BCUT2D eigenvalue weighted by Crippen LogP contribution is 2.36. The fourth-order valence-corrected chi connectivity index (χ4v) is 4.37. The molecule has 0 aromatic heterocycles. The van der Waals surface area contributed by atoms with Crippen molar-refractivity contribution in [3.8, 4) is 0 Å². The van der Waals surface area contributed by atoms with E-state index in [-0.39, 0.29) is 7.05 Å². The lowest BCUT2D eigenvalue weighted by atomic mass is 9.70. The van der Waals surface area contributed by atoms with Crippen molar-refractivity contribution in [3.05, 3.63) is 46.6 Å². The maximum absolute atomic E-state index is 11.4. The zero-order valence-electron chi connectivity index (χ0n) is 15.6. The average molecular weight is 492 g/mol. The number of benzene rings is 2.